The second kappa shape index (κ2) is 17.7. The quantitative estimate of drug-likeness (QED) is 0.290. The molecule has 0 radical (unpaired) electrons. The highest BCUT2D eigenvalue weighted by Crippen LogP contribution is 2.34. The first-order valence-electron chi connectivity index (χ1n) is 10.9. The van der Waals surface area contributed by atoms with Gasteiger partial charge in [0, 0.05) is 5.54 Å². The zero-order chi connectivity index (χ0) is 17.4. The molecule has 0 amide bonds. The average molecular weight is 344 g/mol. The van der Waals surface area contributed by atoms with Gasteiger partial charge in [0.2, 0.25) is 0 Å². The van der Waals surface area contributed by atoms with Crippen molar-refractivity contribution in [2.45, 2.75) is 136 Å². The first-order valence-corrected chi connectivity index (χ1v) is 10.9. The van der Waals surface area contributed by atoms with E-state index in [-0.39, 0.29) is 11.0 Å². The van der Waals surface area contributed by atoms with Crippen molar-refractivity contribution >= 4 is 0 Å². The maximum atomic E-state index is 7.02. The lowest BCUT2D eigenvalue weighted by Crippen LogP contribution is -2.47. The summed E-state index contributed by atoms with van der Waals surface area (Å²) >= 11 is 0. The maximum Gasteiger partial charge on any atom is 0.0182 e. The smallest absolute Gasteiger partial charge is 0.0182 e. The average Bonchev–Trinajstić information content (AvgIpc) is 2.56. The number of rotatable bonds is 17. The maximum absolute atomic E-state index is 7.02. The second-order valence-corrected chi connectivity index (χ2v) is 7.84. The first kappa shape index (κ1) is 26.2. The zero-order valence-corrected chi connectivity index (χ0v) is 17.5. The van der Waals surface area contributed by atoms with Crippen molar-refractivity contribution in [1.82, 2.24) is 0 Å². The molecule has 0 aliphatic rings. The van der Waals surface area contributed by atoms with Crippen LogP contribution in [0.3, 0.4) is 0 Å². The Bertz CT molecular complexity index is 234. The fourth-order valence-electron chi connectivity index (χ4n) is 3.89. The summed E-state index contributed by atoms with van der Waals surface area (Å²) in [5.74, 6) is 0.756. The Balaban J connectivity index is 0. The van der Waals surface area contributed by atoms with Gasteiger partial charge in [-0.15, -0.1) is 0 Å². The molecule has 0 fully saturated rings. The molecule has 1 atom stereocenters. The molecule has 1 unspecified atom stereocenters. The molecule has 0 saturated heterocycles. The third-order valence-corrected chi connectivity index (χ3v) is 5.62. The van der Waals surface area contributed by atoms with Crippen LogP contribution in [0.4, 0.5) is 0 Å². The summed E-state index contributed by atoms with van der Waals surface area (Å²) in [4.78, 5) is 0. The molecule has 148 valence electrons. The third kappa shape index (κ3) is 12.3. The molecule has 0 aromatic rings. The van der Waals surface area contributed by atoms with Crippen LogP contribution in [0.5, 0.6) is 0 Å². The Morgan fingerprint density at radius 2 is 1.00 bits per heavy atom. The number of nitrogens with two attached hydrogens (primary N) is 1. The summed E-state index contributed by atoms with van der Waals surface area (Å²) in [6.45, 7) is 9.22. The van der Waals surface area contributed by atoms with Crippen LogP contribution < -0.4 is 5.73 Å². The van der Waals surface area contributed by atoms with Gasteiger partial charge in [-0.05, 0) is 31.6 Å². The van der Waals surface area contributed by atoms with Crippen molar-refractivity contribution in [3.8, 4) is 0 Å². The van der Waals surface area contributed by atoms with E-state index in [9.17, 15) is 0 Å². The Hall–Kier alpha value is -0.0800. The molecule has 0 spiro atoms. The van der Waals surface area contributed by atoms with Crippen LogP contribution in [-0.4, -0.2) is 11.0 Å². The lowest BCUT2D eigenvalue weighted by molar-refractivity contribution is 0.193. The van der Waals surface area contributed by atoms with Gasteiger partial charge in [0.1, 0.15) is 0 Å². The van der Waals surface area contributed by atoms with Crippen molar-refractivity contribution in [2.24, 2.45) is 11.7 Å². The molecular formula is C22H49NO. The van der Waals surface area contributed by atoms with Crippen molar-refractivity contribution < 1.29 is 5.48 Å². The van der Waals surface area contributed by atoms with Gasteiger partial charge in [-0.3, -0.25) is 0 Å². The van der Waals surface area contributed by atoms with Gasteiger partial charge in [0.15, 0.2) is 0 Å². The molecule has 0 aromatic heterocycles. The molecule has 0 saturated carbocycles. The van der Waals surface area contributed by atoms with Crippen LogP contribution in [0.15, 0.2) is 0 Å². The predicted molar refractivity (Wildman–Crippen MR) is 111 cm³/mol. The van der Waals surface area contributed by atoms with E-state index in [2.05, 4.69) is 27.7 Å². The summed E-state index contributed by atoms with van der Waals surface area (Å²) < 4.78 is 0. The summed E-state index contributed by atoms with van der Waals surface area (Å²) in [5, 5.41) is 0. The molecule has 2 heteroatoms. The molecule has 24 heavy (non-hydrogen) atoms. The van der Waals surface area contributed by atoms with Crippen LogP contribution in [0.25, 0.3) is 0 Å². The minimum Gasteiger partial charge on any atom is -0.412 e. The van der Waals surface area contributed by atoms with E-state index >= 15 is 0 Å². The van der Waals surface area contributed by atoms with E-state index in [4.69, 9.17) is 5.73 Å². The number of hydrogen-bond acceptors (Lipinski definition) is 1. The lowest BCUT2D eigenvalue weighted by Gasteiger charge is -2.39. The van der Waals surface area contributed by atoms with E-state index in [1.807, 2.05) is 0 Å². The highest BCUT2D eigenvalue weighted by atomic mass is 16.0. The Labute approximate surface area is 153 Å². The second-order valence-electron chi connectivity index (χ2n) is 7.84. The van der Waals surface area contributed by atoms with Crippen LogP contribution in [0, 0.1) is 5.92 Å². The Morgan fingerprint density at radius 1 is 0.583 bits per heavy atom. The standard InChI is InChI=1S/C22H47N.H2O/c1-5-9-13-14-15-16-18-21(17-10-6-2)22(23,19-11-7-3)20-12-8-4;/h21H,5-20,23H2,1-4H3;1H2. The van der Waals surface area contributed by atoms with Gasteiger partial charge >= 0.3 is 0 Å². The fraction of sp³-hybridized carbons (Fsp3) is 1.00. The van der Waals surface area contributed by atoms with Gasteiger partial charge in [0.25, 0.3) is 0 Å². The topological polar surface area (TPSA) is 57.5 Å². The number of unbranched alkanes of at least 4 members (excludes halogenated alkanes) is 8. The highest BCUT2D eigenvalue weighted by Gasteiger charge is 2.32. The van der Waals surface area contributed by atoms with E-state index in [1.165, 1.54) is 103 Å². The predicted octanol–water partition coefficient (Wildman–Crippen LogP) is 6.80. The Morgan fingerprint density at radius 3 is 1.50 bits per heavy atom. The third-order valence-electron chi connectivity index (χ3n) is 5.62. The van der Waals surface area contributed by atoms with Crippen molar-refractivity contribution in [3.63, 3.8) is 0 Å². The largest absolute Gasteiger partial charge is 0.412 e. The summed E-state index contributed by atoms with van der Waals surface area (Å²) in [6, 6.07) is 0. The molecular weight excluding hydrogens is 294 g/mol. The van der Waals surface area contributed by atoms with Crippen LogP contribution in [0.1, 0.15) is 130 Å². The van der Waals surface area contributed by atoms with Gasteiger partial charge in [0.05, 0.1) is 0 Å². The van der Waals surface area contributed by atoms with E-state index in [0.29, 0.717) is 0 Å². The van der Waals surface area contributed by atoms with Crippen LogP contribution in [-0.2, 0) is 0 Å². The zero-order valence-electron chi connectivity index (χ0n) is 17.5. The first-order chi connectivity index (χ1) is 11.1. The lowest BCUT2D eigenvalue weighted by atomic mass is 9.72. The summed E-state index contributed by atoms with van der Waals surface area (Å²) in [5.41, 5.74) is 7.13. The monoisotopic (exact) mass is 343 g/mol. The van der Waals surface area contributed by atoms with Gasteiger partial charge in [-0.2, -0.15) is 0 Å². The highest BCUT2D eigenvalue weighted by molar-refractivity contribution is 4.91. The summed E-state index contributed by atoms with van der Waals surface area (Å²) in [7, 11) is 0. The molecule has 0 bridgehead atoms. The minimum atomic E-state index is 0. The normalized spacial score (nSPS) is 12.9. The van der Waals surface area contributed by atoms with Crippen molar-refractivity contribution in [2.75, 3.05) is 0 Å². The SMILES string of the molecule is CCCCCCCCC(CCCC)C(N)(CCCC)CCCC.O. The van der Waals surface area contributed by atoms with E-state index < -0.39 is 0 Å². The molecule has 0 aromatic carbocycles. The minimum absolute atomic E-state index is 0. The van der Waals surface area contributed by atoms with Crippen molar-refractivity contribution in [1.29, 1.82) is 0 Å². The fourth-order valence-corrected chi connectivity index (χ4v) is 3.89. The molecule has 0 heterocycles. The van der Waals surface area contributed by atoms with Gasteiger partial charge < -0.3 is 11.2 Å². The van der Waals surface area contributed by atoms with Gasteiger partial charge in [-0.25, -0.2) is 0 Å². The van der Waals surface area contributed by atoms with Gasteiger partial charge in [-0.1, -0.05) is 105 Å². The molecule has 0 aliphatic carbocycles. The molecule has 0 rings (SSSR count). The van der Waals surface area contributed by atoms with Crippen molar-refractivity contribution in [3.05, 3.63) is 0 Å². The number of hydrogen-bond donors (Lipinski definition) is 1. The molecule has 0 aliphatic heterocycles. The Kier molecular flexibility index (Phi) is 19.3. The van der Waals surface area contributed by atoms with Crippen LogP contribution in [0.2, 0.25) is 0 Å². The molecule has 4 N–H and O–H groups in total. The van der Waals surface area contributed by atoms with Crippen LogP contribution >= 0.6 is 0 Å². The van der Waals surface area contributed by atoms with E-state index in [0.717, 1.165) is 5.92 Å². The van der Waals surface area contributed by atoms with E-state index in [1.54, 1.807) is 0 Å². The summed E-state index contributed by atoms with van der Waals surface area (Å²) in [6.07, 6.45) is 21.5. The molecule has 2 nitrogen and oxygen atoms in total.